The van der Waals surface area contributed by atoms with E-state index in [0.717, 1.165) is 22.6 Å². The molecule has 0 aliphatic heterocycles. The predicted molar refractivity (Wildman–Crippen MR) is 95.1 cm³/mol. The number of Topliss-reactive ketones (excluding diaryl/α,β-unsaturated/α-hetero) is 1. The van der Waals surface area contributed by atoms with Crippen molar-refractivity contribution in [3.05, 3.63) is 77.9 Å². The second-order valence-electron chi connectivity index (χ2n) is 5.45. The summed E-state index contributed by atoms with van der Waals surface area (Å²) in [4.78, 5) is 12.3. The molecule has 3 aromatic rings. The monoisotopic (exact) mass is 337 g/mol. The molecule has 0 spiro atoms. The maximum atomic E-state index is 12.2. The van der Waals surface area contributed by atoms with E-state index in [1.54, 1.807) is 24.3 Å². The lowest BCUT2D eigenvalue weighted by molar-refractivity contribution is 0.107. The quantitative estimate of drug-likeness (QED) is 0.537. The smallest absolute Gasteiger partial charge is 0.282 e. The van der Waals surface area contributed by atoms with E-state index in [0.29, 0.717) is 5.56 Å². The molecule has 5 heteroatoms. The maximum Gasteiger partial charge on any atom is 0.282 e. The van der Waals surface area contributed by atoms with Crippen molar-refractivity contribution in [1.29, 1.82) is 0 Å². The average Bonchev–Trinajstić information content (AvgIpc) is 2.59. The van der Waals surface area contributed by atoms with Gasteiger partial charge in [-0.15, -0.1) is 0 Å². The highest BCUT2D eigenvalue weighted by molar-refractivity contribution is 7.90. The summed E-state index contributed by atoms with van der Waals surface area (Å²) in [5.74, 6) is -0.448. The van der Waals surface area contributed by atoms with E-state index in [9.17, 15) is 13.2 Å². The lowest BCUT2D eigenvalue weighted by atomic mass is 10.1. The number of rotatable bonds is 4. The fourth-order valence-electron chi connectivity index (χ4n) is 2.31. The molecular weight excluding hydrogens is 322 g/mol. The molecule has 0 saturated carbocycles. The number of nitrogens with zero attached hydrogens (tertiary/aromatic N) is 1. The Morgan fingerprint density at radius 1 is 0.917 bits per heavy atom. The summed E-state index contributed by atoms with van der Waals surface area (Å²) in [6.07, 6.45) is 0.860. The van der Waals surface area contributed by atoms with Crippen molar-refractivity contribution in [3.63, 3.8) is 0 Å². The number of carbonyl (C=O) groups excluding carboxylic acids is 1. The van der Waals surface area contributed by atoms with Crippen LogP contribution in [0.25, 0.3) is 10.8 Å². The van der Waals surface area contributed by atoms with Gasteiger partial charge in [0.1, 0.15) is 0 Å². The topological polar surface area (TPSA) is 63.6 Å². The summed E-state index contributed by atoms with van der Waals surface area (Å²) in [5.41, 5.74) is 1.35. The van der Waals surface area contributed by atoms with Gasteiger partial charge >= 0.3 is 0 Å². The Balaban J connectivity index is 1.87. The van der Waals surface area contributed by atoms with E-state index in [1.807, 2.05) is 37.3 Å². The van der Waals surface area contributed by atoms with Gasteiger partial charge < -0.3 is 0 Å². The predicted octanol–water partition coefficient (Wildman–Crippen LogP) is 3.79. The van der Waals surface area contributed by atoms with Crippen LogP contribution in [0.3, 0.4) is 0 Å². The maximum absolute atomic E-state index is 12.2. The third-order valence-corrected chi connectivity index (χ3v) is 4.91. The van der Waals surface area contributed by atoms with Crippen molar-refractivity contribution in [2.45, 2.75) is 11.8 Å². The number of benzene rings is 3. The standard InChI is InChI=1S/C19H15NO3S/c1-14-6-10-18(11-7-14)24(22,23)20-13-19(21)17-9-8-15-4-2-3-5-16(15)12-17/h2-13H,1H3/b20-13+. The molecule has 120 valence electrons. The van der Waals surface area contributed by atoms with Crippen molar-refractivity contribution < 1.29 is 13.2 Å². The summed E-state index contributed by atoms with van der Waals surface area (Å²) in [6, 6.07) is 19.2. The van der Waals surface area contributed by atoms with Crippen LogP contribution in [-0.2, 0) is 10.0 Å². The molecule has 24 heavy (non-hydrogen) atoms. The van der Waals surface area contributed by atoms with Gasteiger partial charge in [-0.05, 0) is 35.9 Å². The van der Waals surface area contributed by atoms with E-state index in [4.69, 9.17) is 0 Å². The van der Waals surface area contributed by atoms with E-state index in [2.05, 4.69) is 4.40 Å². The highest BCUT2D eigenvalue weighted by Gasteiger charge is 2.12. The van der Waals surface area contributed by atoms with Crippen LogP contribution in [0.5, 0.6) is 0 Å². The molecule has 0 aliphatic rings. The minimum absolute atomic E-state index is 0.0654. The van der Waals surface area contributed by atoms with E-state index in [1.165, 1.54) is 12.1 Å². The molecule has 0 bridgehead atoms. The van der Waals surface area contributed by atoms with E-state index < -0.39 is 15.8 Å². The zero-order valence-corrected chi connectivity index (χ0v) is 13.8. The number of aryl methyl sites for hydroxylation is 1. The minimum atomic E-state index is -3.87. The van der Waals surface area contributed by atoms with Gasteiger partial charge in [0.15, 0.2) is 0 Å². The first-order chi connectivity index (χ1) is 11.5. The molecule has 0 saturated heterocycles. The van der Waals surface area contributed by atoms with Crippen LogP contribution in [0, 0.1) is 6.92 Å². The molecule has 0 atom stereocenters. The Labute approximate surface area is 140 Å². The van der Waals surface area contributed by atoms with Gasteiger partial charge in [-0.25, -0.2) is 0 Å². The molecule has 0 aliphatic carbocycles. The first-order valence-electron chi connectivity index (χ1n) is 7.36. The minimum Gasteiger partial charge on any atom is -0.288 e. The van der Waals surface area contributed by atoms with Crippen LogP contribution in [0.4, 0.5) is 0 Å². The Morgan fingerprint density at radius 3 is 2.29 bits per heavy atom. The molecule has 0 amide bonds. The zero-order chi connectivity index (χ0) is 17.2. The van der Waals surface area contributed by atoms with Gasteiger partial charge in [-0.1, -0.05) is 54.1 Å². The number of ketones is 1. The number of sulfonamides is 1. The molecule has 3 aromatic carbocycles. The SMILES string of the molecule is Cc1ccc(S(=O)(=O)/N=C/C(=O)c2ccc3ccccc3c2)cc1. The van der Waals surface area contributed by atoms with Crippen molar-refractivity contribution >= 4 is 32.8 Å². The average molecular weight is 337 g/mol. The van der Waals surface area contributed by atoms with Gasteiger partial charge in [0.2, 0.25) is 5.78 Å². The van der Waals surface area contributed by atoms with Gasteiger partial charge in [0, 0.05) is 5.56 Å². The number of fused-ring (bicyclic) bond motifs is 1. The van der Waals surface area contributed by atoms with Gasteiger partial charge in [-0.2, -0.15) is 12.8 Å². The van der Waals surface area contributed by atoms with E-state index >= 15 is 0 Å². The lowest BCUT2D eigenvalue weighted by Crippen LogP contribution is -2.04. The zero-order valence-electron chi connectivity index (χ0n) is 13.0. The highest BCUT2D eigenvalue weighted by Crippen LogP contribution is 2.16. The molecule has 0 radical (unpaired) electrons. The molecule has 3 rings (SSSR count). The third-order valence-electron chi connectivity index (χ3n) is 3.66. The second kappa shape index (κ2) is 6.37. The fourth-order valence-corrected chi connectivity index (χ4v) is 3.14. The normalized spacial score (nSPS) is 11.9. The van der Waals surface area contributed by atoms with Crippen LogP contribution >= 0.6 is 0 Å². The van der Waals surface area contributed by atoms with Gasteiger partial charge in [-0.3, -0.25) is 4.79 Å². The summed E-state index contributed by atoms with van der Waals surface area (Å²) in [6.45, 7) is 1.86. The summed E-state index contributed by atoms with van der Waals surface area (Å²) >= 11 is 0. The number of carbonyl (C=O) groups is 1. The van der Waals surface area contributed by atoms with Crippen molar-refractivity contribution in [3.8, 4) is 0 Å². The molecule has 0 N–H and O–H groups in total. The Kier molecular flexibility index (Phi) is 4.27. The number of hydrogen-bond acceptors (Lipinski definition) is 3. The second-order valence-corrected chi connectivity index (χ2v) is 7.08. The largest absolute Gasteiger partial charge is 0.288 e. The van der Waals surface area contributed by atoms with Crippen LogP contribution < -0.4 is 0 Å². The van der Waals surface area contributed by atoms with Crippen LogP contribution in [0.1, 0.15) is 15.9 Å². The van der Waals surface area contributed by atoms with Crippen LogP contribution in [-0.4, -0.2) is 20.4 Å². The molecule has 0 aromatic heterocycles. The number of hydrogen-bond donors (Lipinski definition) is 0. The summed E-state index contributed by atoms with van der Waals surface area (Å²) < 4.78 is 27.8. The Morgan fingerprint density at radius 2 is 1.58 bits per heavy atom. The molecule has 0 unspecified atom stereocenters. The van der Waals surface area contributed by atoms with Crippen molar-refractivity contribution in [2.24, 2.45) is 4.40 Å². The Bertz CT molecular complexity index is 1040. The third kappa shape index (κ3) is 3.41. The van der Waals surface area contributed by atoms with Gasteiger partial charge in [0.25, 0.3) is 10.0 Å². The molecule has 4 nitrogen and oxygen atoms in total. The molecule has 0 heterocycles. The molecular formula is C19H15NO3S. The van der Waals surface area contributed by atoms with Crippen molar-refractivity contribution in [2.75, 3.05) is 0 Å². The highest BCUT2D eigenvalue weighted by atomic mass is 32.2. The summed E-state index contributed by atoms with van der Waals surface area (Å²) in [7, 11) is -3.87. The van der Waals surface area contributed by atoms with Gasteiger partial charge in [0.05, 0.1) is 11.1 Å². The first kappa shape index (κ1) is 16.1. The van der Waals surface area contributed by atoms with Crippen LogP contribution in [0.15, 0.2) is 76.0 Å². The van der Waals surface area contributed by atoms with Crippen molar-refractivity contribution in [1.82, 2.24) is 0 Å². The van der Waals surface area contributed by atoms with Crippen LogP contribution in [0.2, 0.25) is 0 Å². The van der Waals surface area contributed by atoms with E-state index in [-0.39, 0.29) is 4.90 Å². The molecule has 0 fully saturated rings. The lowest BCUT2D eigenvalue weighted by Gasteiger charge is -2.01. The first-order valence-corrected chi connectivity index (χ1v) is 8.80. The summed E-state index contributed by atoms with van der Waals surface area (Å²) in [5, 5.41) is 1.93. The fraction of sp³-hybridized carbons (Fsp3) is 0.0526. The Hall–Kier alpha value is -2.79.